The molecule has 100 valence electrons. The number of nitrogens with zero attached hydrogens (tertiary/aromatic N) is 1. The Kier molecular flexibility index (Phi) is 3.06. The summed E-state index contributed by atoms with van der Waals surface area (Å²) in [6.45, 7) is 0.309. The van der Waals surface area contributed by atoms with E-state index in [0.29, 0.717) is 17.7 Å². The molecular formula is C16H11F2NO. The molecule has 4 heteroatoms. The number of para-hydroxylation sites is 1. The summed E-state index contributed by atoms with van der Waals surface area (Å²) in [6, 6.07) is 10.9. The first-order chi connectivity index (χ1) is 9.67. The predicted octanol–water partition coefficient (Wildman–Crippen LogP) is 3.78. The summed E-state index contributed by atoms with van der Waals surface area (Å²) in [5.41, 5.74) is 1.94. The minimum Gasteiger partial charge on any atom is -0.342 e. The van der Waals surface area contributed by atoms with Crippen LogP contribution in [0.4, 0.5) is 8.78 Å². The van der Waals surface area contributed by atoms with Crippen LogP contribution in [0.5, 0.6) is 0 Å². The van der Waals surface area contributed by atoms with Crippen molar-refractivity contribution in [2.24, 2.45) is 0 Å². The molecule has 0 saturated carbocycles. The highest BCUT2D eigenvalue weighted by molar-refractivity contribution is 5.97. The fraction of sp³-hybridized carbons (Fsp3) is 0.0625. The summed E-state index contributed by atoms with van der Waals surface area (Å²) in [6.07, 6.45) is 2.48. The van der Waals surface area contributed by atoms with Gasteiger partial charge in [0.15, 0.2) is 6.29 Å². The van der Waals surface area contributed by atoms with E-state index in [-0.39, 0.29) is 0 Å². The highest BCUT2D eigenvalue weighted by atomic mass is 19.1. The molecule has 0 N–H and O–H groups in total. The maximum atomic E-state index is 13.2. The molecule has 3 rings (SSSR count). The number of fused-ring (bicyclic) bond motifs is 1. The molecule has 0 amide bonds. The summed E-state index contributed by atoms with van der Waals surface area (Å²) >= 11 is 0. The second kappa shape index (κ2) is 4.89. The molecule has 20 heavy (non-hydrogen) atoms. The van der Waals surface area contributed by atoms with E-state index in [0.717, 1.165) is 23.3 Å². The molecule has 0 atom stereocenters. The monoisotopic (exact) mass is 271 g/mol. The third-order valence-electron chi connectivity index (χ3n) is 3.22. The Balaban J connectivity index is 2.08. The standard InChI is InChI=1S/C16H11F2NO/c17-13-5-11(6-14(18)7-13)8-19-9-12(10-20)15-3-1-2-4-16(15)19/h1-7,9-10H,8H2. The molecule has 0 aliphatic heterocycles. The topological polar surface area (TPSA) is 22.0 Å². The fourth-order valence-electron chi connectivity index (χ4n) is 2.40. The minimum absolute atomic E-state index is 0.309. The van der Waals surface area contributed by atoms with Crippen LogP contribution in [0.15, 0.2) is 48.7 Å². The molecule has 0 aliphatic carbocycles. The zero-order valence-corrected chi connectivity index (χ0v) is 10.5. The van der Waals surface area contributed by atoms with E-state index in [4.69, 9.17) is 0 Å². The van der Waals surface area contributed by atoms with E-state index in [2.05, 4.69) is 0 Å². The van der Waals surface area contributed by atoms with Gasteiger partial charge in [-0.3, -0.25) is 4.79 Å². The maximum absolute atomic E-state index is 13.2. The number of carbonyl (C=O) groups excluding carboxylic acids is 1. The van der Waals surface area contributed by atoms with E-state index in [1.807, 2.05) is 28.8 Å². The van der Waals surface area contributed by atoms with Crippen molar-refractivity contribution < 1.29 is 13.6 Å². The Hall–Kier alpha value is -2.49. The lowest BCUT2D eigenvalue weighted by molar-refractivity contribution is 0.112. The molecule has 0 bridgehead atoms. The van der Waals surface area contributed by atoms with Gasteiger partial charge in [0.25, 0.3) is 0 Å². The van der Waals surface area contributed by atoms with Crippen LogP contribution in [0.1, 0.15) is 15.9 Å². The third-order valence-corrected chi connectivity index (χ3v) is 3.22. The molecule has 1 heterocycles. The number of halogens is 2. The number of aldehydes is 1. The van der Waals surface area contributed by atoms with Gasteiger partial charge >= 0.3 is 0 Å². The third kappa shape index (κ3) is 2.20. The van der Waals surface area contributed by atoms with Crippen LogP contribution >= 0.6 is 0 Å². The number of hydrogen-bond acceptors (Lipinski definition) is 1. The van der Waals surface area contributed by atoms with Crippen molar-refractivity contribution in [1.29, 1.82) is 0 Å². The normalized spacial score (nSPS) is 10.9. The first kappa shape index (κ1) is 12.5. The molecule has 0 radical (unpaired) electrons. The van der Waals surface area contributed by atoms with Gasteiger partial charge in [-0.15, -0.1) is 0 Å². The Morgan fingerprint density at radius 3 is 2.45 bits per heavy atom. The van der Waals surface area contributed by atoms with Gasteiger partial charge in [-0.2, -0.15) is 0 Å². The van der Waals surface area contributed by atoms with Crippen molar-refractivity contribution >= 4 is 17.2 Å². The van der Waals surface area contributed by atoms with E-state index >= 15 is 0 Å². The maximum Gasteiger partial charge on any atom is 0.152 e. The Morgan fingerprint density at radius 1 is 1.05 bits per heavy atom. The van der Waals surface area contributed by atoms with E-state index in [1.54, 1.807) is 6.20 Å². The minimum atomic E-state index is -0.605. The van der Waals surface area contributed by atoms with Gasteiger partial charge in [0.05, 0.1) is 0 Å². The summed E-state index contributed by atoms with van der Waals surface area (Å²) in [5, 5.41) is 0.833. The van der Waals surface area contributed by atoms with Crippen LogP contribution in [-0.4, -0.2) is 10.9 Å². The summed E-state index contributed by atoms with van der Waals surface area (Å²) in [7, 11) is 0. The molecule has 2 aromatic carbocycles. The Bertz CT molecular complexity index is 772. The number of hydrogen-bond donors (Lipinski definition) is 0. The van der Waals surface area contributed by atoms with Crippen molar-refractivity contribution in [3.63, 3.8) is 0 Å². The lowest BCUT2D eigenvalue weighted by atomic mass is 10.2. The predicted molar refractivity (Wildman–Crippen MR) is 72.8 cm³/mol. The average Bonchev–Trinajstić information content (AvgIpc) is 2.76. The van der Waals surface area contributed by atoms with E-state index in [1.165, 1.54) is 12.1 Å². The van der Waals surface area contributed by atoms with Gasteiger partial charge in [0, 0.05) is 35.3 Å². The van der Waals surface area contributed by atoms with Gasteiger partial charge in [-0.25, -0.2) is 8.78 Å². The number of aromatic nitrogens is 1. The van der Waals surface area contributed by atoms with Gasteiger partial charge in [-0.05, 0) is 23.8 Å². The van der Waals surface area contributed by atoms with Crippen molar-refractivity contribution in [2.75, 3.05) is 0 Å². The molecule has 1 aromatic heterocycles. The lowest BCUT2D eigenvalue weighted by Gasteiger charge is -2.06. The van der Waals surface area contributed by atoms with Gasteiger partial charge in [-0.1, -0.05) is 18.2 Å². The molecule has 0 saturated heterocycles. The fourth-order valence-corrected chi connectivity index (χ4v) is 2.40. The van der Waals surface area contributed by atoms with Crippen LogP contribution in [0.25, 0.3) is 10.9 Å². The van der Waals surface area contributed by atoms with Crippen molar-refractivity contribution in [3.05, 3.63) is 71.4 Å². The zero-order chi connectivity index (χ0) is 14.1. The average molecular weight is 271 g/mol. The number of carbonyl (C=O) groups is 1. The van der Waals surface area contributed by atoms with Gasteiger partial charge in [0.2, 0.25) is 0 Å². The number of benzene rings is 2. The zero-order valence-electron chi connectivity index (χ0n) is 10.5. The van der Waals surface area contributed by atoms with Crippen LogP contribution in [0.3, 0.4) is 0 Å². The van der Waals surface area contributed by atoms with Crippen molar-refractivity contribution in [3.8, 4) is 0 Å². The van der Waals surface area contributed by atoms with Gasteiger partial charge < -0.3 is 4.57 Å². The van der Waals surface area contributed by atoms with Gasteiger partial charge in [0.1, 0.15) is 11.6 Å². The Labute approximate surface area is 114 Å². The summed E-state index contributed by atoms with van der Waals surface area (Å²) in [5.74, 6) is -1.21. The van der Waals surface area contributed by atoms with Crippen LogP contribution in [-0.2, 0) is 6.54 Å². The van der Waals surface area contributed by atoms with Crippen LogP contribution < -0.4 is 0 Å². The highest BCUT2D eigenvalue weighted by Crippen LogP contribution is 2.21. The second-order valence-electron chi connectivity index (χ2n) is 4.63. The molecule has 0 spiro atoms. The summed E-state index contributed by atoms with van der Waals surface area (Å²) < 4.78 is 28.2. The second-order valence-corrected chi connectivity index (χ2v) is 4.63. The quantitative estimate of drug-likeness (QED) is 0.664. The smallest absolute Gasteiger partial charge is 0.152 e. The highest BCUT2D eigenvalue weighted by Gasteiger charge is 2.08. The largest absolute Gasteiger partial charge is 0.342 e. The van der Waals surface area contributed by atoms with E-state index in [9.17, 15) is 13.6 Å². The number of rotatable bonds is 3. The molecule has 0 fully saturated rings. The van der Waals surface area contributed by atoms with Crippen molar-refractivity contribution in [2.45, 2.75) is 6.54 Å². The lowest BCUT2D eigenvalue weighted by Crippen LogP contribution is -1.99. The van der Waals surface area contributed by atoms with Crippen LogP contribution in [0.2, 0.25) is 0 Å². The molecular weight excluding hydrogens is 260 g/mol. The summed E-state index contributed by atoms with van der Waals surface area (Å²) in [4.78, 5) is 11.1. The van der Waals surface area contributed by atoms with Crippen molar-refractivity contribution in [1.82, 2.24) is 4.57 Å². The SMILES string of the molecule is O=Cc1cn(Cc2cc(F)cc(F)c2)c2ccccc12. The molecule has 0 aliphatic rings. The molecule has 3 aromatic rings. The first-order valence-electron chi connectivity index (χ1n) is 6.15. The van der Waals surface area contributed by atoms with E-state index < -0.39 is 11.6 Å². The molecule has 0 unspecified atom stereocenters. The molecule has 2 nitrogen and oxygen atoms in total. The van der Waals surface area contributed by atoms with Crippen LogP contribution in [0, 0.1) is 11.6 Å². The first-order valence-corrected chi connectivity index (χ1v) is 6.15. The Morgan fingerprint density at radius 2 is 1.75 bits per heavy atom.